The molecule has 0 unspecified atom stereocenters. The lowest BCUT2D eigenvalue weighted by Gasteiger charge is -2.18. The molecule has 1 N–H and O–H groups in total. The van der Waals surface area contributed by atoms with E-state index in [1.54, 1.807) is 63.8 Å². The molecule has 0 radical (unpaired) electrons. The van der Waals surface area contributed by atoms with Crippen LogP contribution in [0.1, 0.15) is 29.9 Å². The van der Waals surface area contributed by atoms with E-state index in [0.717, 1.165) is 11.1 Å². The normalized spacial score (nSPS) is 11.4. The molecule has 3 rings (SSSR count). The van der Waals surface area contributed by atoms with E-state index >= 15 is 0 Å². The third-order valence-corrected chi connectivity index (χ3v) is 8.04. The zero-order valence-corrected chi connectivity index (χ0v) is 20.6. The van der Waals surface area contributed by atoms with Gasteiger partial charge in [0.05, 0.1) is 19.1 Å². The second kappa shape index (κ2) is 10.8. The fourth-order valence-electron chi connectivity index (χ4n) is 3.24. The van der Waals surface area contributed by atoms with Crippen LogP contribution in [0.3, 0.4) is 0 Å². The van der Waals surface area contributed by atoms with Gasteiger partial charge in [0, 0.05) is 30.6 Å². The van der Waals surface area contributed by atoms with Gasteiger partial charge >= 0.3 is 0 Å². The Morgan fingerprint density at radius 1 is 1.03 bits per heavy atom. The number of hydrogen-bond donors (Lipinski definition) is 1. The van der Waals surface area contributed by atoms with Crippen molar-refractivity contribution in [1.82, 2.24) is 14.6 Å². The molecular formula is C23H27N3O5S2. The molecule has 33 heavy (non-hydrogen) atoms. The standard InChI is InChI=1S/C23H27N3O5S2/c1-5-26(6-2)33(28,29)18-10-7-16(8-11-18)14-24-22(27)19-15-32-23(25-19)17-9-12-20(30-3)21(13-17)31-4/h7-13,15H,5-6,14H2,1-4H3,(H,24,27). The molecule has 2 aromatic carbocycles. The molecule has 0 bridgehead atoms. The minimum atomic E-state index is -3.50. The summed E-state index contributed by atoms with van der Waals surface area (Å²) in [4.78, 5) is 17.2. The molecule has 0 saturated heterocycles. The zero-order chi connectivity index (χ0) is 24.0. The molecular weight excluding hydrogens is 462 g/mol. The van der Waals surface area contributed by atoms with Gasteiger partial charge in [0.25, 0.3) is 5.91 Å². The molecule has 3 aromatic rings. The Morgan fingerprint density at radius 3 is 2.30 bits per heavy atom. The first-order valence-electron chi connectivity index (χ1n) is 10.4. The summed E-state index contributed by atoms with van der Waals surface area (Å²) in [6, 6.07) is 12.0. The second-order valence-electron chi connectivity index (χ2n) is 7.02. The van der Waals surface area contributed by atoms with Crippen LogP contribution in [0, 0.1) is 0 Å². The smallest absolute Gasteiger partial charge is 0.271 e. The minimum absolute atomic E-state index is 0.236. The molecule has 0 atom stereocenters. The van der Waals surface area contributed by atoms with Crippen LogP contribution in [0.4, 0.5) is 0 Å². The highest BCUT2D eigenvalue weighted by molar-refractivity contribution is 7.89. The molecule has 0 fully saturated rings. The summed E-state index contributed by atoms with van der Waals surface area (Å²) in [5, 5.41) is 5.21. The quantitative estimate of drug-likeness (QED) is 0.465. The third-order valence-electron chi connectivity index (χ3n) is 5.09. The number of carbonyl (C=O) groups is 1. The fraction of sp³-hybridized carbons (Fsp3) is 0.304. The van der Waals surface area contributed by atoms with Gasteiger partial charge in [-0.3, -0.25) is 4.79 Å². The number of benzene rings is 2. The SMILES string of the molecule is CCN(CC)S(=O)(=O)c1ccc(CNC(=O)c2csc(-c3ccc(OC)c(OC)c3)n2)cc1. The molecule has 1 amide bonds. The van der Waals surface area contributed by atoms with E-state index in [1.807, 2.05) is 12.1 Å². The number of sulfonamides is 1. The number of thiazole rings is 1. The summed E-state index contributed by atoms with van der Waals surface area (Å²) in [5.41, 5.74) is 1.92. The van der Waals surface area contributed by atoms with Gasteiger partial charge in [-0.25, -0.2) is 13.4 Å². The molecule has 0 aliphatic heterocycles. The maximum absolute atomic E-state index is 12.6. The number of carbonyl (C=O) groups excluding carboxylic acids is 1. The molecule has 0 spiro atoms. The monoisotopic (exact) mass is 489 g/mol. The predicted molar refractivity (Wildman–Crippen MR) is 128 cm³/mol. The van der Waals surface area contributed by atoms with E-state index in [-0.39, 0.29) is 17.3 Å². The van der Waals surface area contributed by atoms with Crippen LogP contribution in [0.2, 0.25) is 0 Å². The average molecular weight is 490 g/mol. The summed E-state index contributed by atoms with van der Waals surface area (Å²) < 4.78 is 37.2. The molecule has 176 valence electrons. The predicted octanol–water partition coefficient (Wildman–Crippen LogP) is 3.79. The lowest BCUT2D eigenvalue weighted by atomic mass is 10.2. The van der Waals surface area contributed by atoms with Crippen LogP contribution in [0.15, 0.2) is 52.7 Å². The van der Waals surface area contributed by atoms with Gasteiger partial charge < -0.3 is 14.8 Å². The second-order valence-corrected chi connectivity index (χ2v) is 9.82. The van der Waals surface area contributed by atoms with Crippen molar-refractivity contribution in [3.05, 3.63) is 59.1 Å². The van der Waals surface area contributed by atoms with Crippen LogP contribution in [-0.2, 0) is 16.6 Å². The zero-order valence-electron chi connectivity index (χ0n) is 19.0. The van der Waals surface area contributed by atoms with Gasteiger partial charge in [0.1, 0.15) is 10.7 Å². The number of hydrogen-bond acceptors (Lipinski definition) is 7. The molecule has 1 heterocycles. The van der Waals surface area contributed by atoms with Gasteiger partial charge in [-0.05, 0) is 35.9 Å². The summed E-state index contributed by atoms with van der Waals surface area (Å²) in [5.74, 6) is 0.896. The fourth-order valence-corrected chi connectivity index (χ4v) is 5.50. The van der Waals surface area contributed by atoms with Crippen LogP contribution in [-0.4, -0.2) is 50.9 Å². The van der Waals surface area contributed by atoms with E-state index < -0.39 is 10.0 Å². The molecule has 1 aromatic heterocycles. The van der Waals surface area contributed by atoms with Crippen LogP contribution in [0.5, 0.6) is 11.5 Å². The Balaban J connectivity index is 1.66. The van der Waals surface area contributed by atoms with Gasteiger partial charge in [-0.1, -0.05) is 26.0 Å². The third kappa shape index (κ3) is 5.52. The van der Waals surface area contributed by atoms with E-state index in [4.69, 9.17) is 9.47 Å². The van der Waals surface area contributed by atoms with E-state index in [0.29, 0.717) is 35.3 Å². The van der Waals surface area contributed by atoms with Crippen molar-refractivity contribution in [2.75, 3.05) is 27.3 Å². The van der Waals surface area contributed by atoms with E-state index in [9.17, 15) is 13.2 Å². The maximum atomic E-state index is 12.6. The summed E-state index contributed by atoms with van der Waals surface area (Å²) in [6.45, 7) is 4.69. The number of nitrogens with zero attached hydrogens (tertiary/aromatic N) is 2. The van der Waals surface area contributed by atoms with Gasteiger partial charge in [0.15, 0.2) is 11.5 Å². The van der Waals surface area contributed by atoms with Crippen molar-refractivity contribution in [1.29, 1.82) is 0 Å². The number of methoxy groups -OCH3 is 2. The Labute approximate surface area is 198 Å². The summed E-state index contributed by atoms with van der Waals surface area (Å²) in [7, 11) is -0.371. The number of nitrogens with one attached hydrogen (secondary N) is 1. The molecule has 0 aliphatic rings. The molecule has 0 aliphatic carbocycles. The van der Waals surface area contributed by atoms with Crippen LogP contribution >= 0.6 is 11.3 Å². The first-order valence-corrected chi connectivity index (χ1v) is 12.7. The van der Waals surface area contributed by atoms with Crippen molar-refractivity contribution in [2.45, 2.75) is 25.3 Å². The average Bonchev–Trinajstić information content (AvgIpc) is 3.33. The highest BCUT2D eigenvalue weighted by atomic mass is 32.2. The first-order chi connectivity index (χ1) is 15.8. The molecule has 8 nitrogen and oxygen atoms in total. The highest BCUT2D eigenvalue weighted by Crippen LogP contribution is 2.33. The van der Waals surface area contributed by atoms with Gasteiger partial charge in [0.2, 0.25) is 10.0 Å². The largest absolute Gasteiger partial charge is 0.493 e. The van der Waals surface area contributed by atoms with Gasteiger partial charge in [-0.15, -0.1) is 11.3 Å². The Morgan fingerprint density at radius 2 is 1.70 bits per heavy atom. The van der Waals surface area contributed by atoms with Crippen molar-refractivity contribution < 1.29 is 22.7 Å². The Kier molecular flexibility index (Phi) is 8.06. The number of ether oxygens (including phenoxy) is 2. The maximum Gasteiger partial charge on any atom is 0.271 e. The first kappa shape index (κ1) is 24.7. The highest BCUT2D eigenvalue weighted by Gasteiger charge is 2.21. The van der Waals surface area contributed by atoms with Crippen LogP contribution in [0.25, 0.3) is 10.6 Å². The molecule has 0 saturated carbocycles. The number of aromatic nitrogens is 1. The van der Waals surface area contributed by atoms with Crippen molar-refractivity contribution in [3.8, 4) is 22.1 Å². The van der Waals surface area contributed by atoms with Crippen molar-refractivity contribution in [3.63, 3.8) is 0 Å². The lowest BCUT2D eigenvalue weighted by Crippen LogP contribution is -2.30. The topological polar surface area (TPSA) is 97.8 Å². The van der Waals surface area contributed by atoms with Crippen molar-refractivity contribution in [2.24, 2.45) is 0 Å². The number of amides is 1. The van der Waals surface area contributed by atoms with Crippen molar-refractivity contribution >= 4 is 27.3 Å². The van der Waals surface area contributed by atoms with Crippen LogP contribution < -0.4 is 14.8 Å². The van der Waals surface area contributed by atoms with E-state index in [2.05, 4.69) is 10.3 Å². The molecule has 10 heteroatoms. The minimum Gasteiger partial charge on any atom is -0.493 e. The van der Waals surface area contributed by atoms with E-state index in [1.165, 1.54) is 15.6 Å². The lowest BCUT2D eigenvalue weighted by molar-refractivity contribution is 0.0946. The number of rotatable bonds is 10. The summed E-state index contributed by atoms with van der Waals surface area (Å²) >= 11 is 1.36. The Bertz CT molecular complexity index is 1200. The summed E-state index contributed by atoms with van der Waals surface area (Å²) in [6.07, 6.45) is 0. The van der Waals surface area contributed by atoms with Gasteiger partial charge in [-0.2, -0.15) is 4.31 Å². The Hall–Kier alpha value is -2.95.